The summed E-state index contributed by atoms with van der Waals surface area (Å²) in [5.41, 5.74) is -2.11. The second kappa shape index (κ2) is 5.99. The zero-order chi connectivity index (χ0) is 17.5. The van der Waals surface area contributed by atoms with Crippen LogP contribution in [-0.2, 0) is 17.5 Å². The van der Waals surface area contributed by atoms with Crippen molar-refractivity contribution in [2.24, 2.45) is 0 Å². The van der Waals surface area contributed by atoms with Gasteiger partial charge in [-0.3, -0.25) is 14.2 Å². The van der Waals surface area contributed by atoms with Gasteiger partial charge >= 0.3 is 6.18 Å². The third-order valence-corrected chi connectivity index (χ3v) is 4.02. The van der Waals surface area contributed by atoms with Crippen LogP contribution >= 0.6 is 0 Å². The maximum absolute atomic E-state index is 13.1. The Labute approximate surface area is 133 Å². The van der Waals surface area contributed by atoms with E-state index in [4.69, 9.17) is 0 Å². The molecule has 6 nitrogen and oxygen atoms in total. The van der Waals surface area contributed by atoms with E-state index in [2.05, 4.69) is 10.3 Å². The number of alkyl halides is 3. The van der Waals surface area contributed by atoms with E-state index in [9.17, 15) is 27.9 Å². The minimum Gasteiger partial charge on any atom is -0.391 e. The molecule has 3 rings (SSSR count). The number of aromatic nitrogens is 2. The number of halogens is 3. The fraction of sp³-hybridized carbons (Fsp3) is 0.400. The lowest BCUT2D eigenvalue weighted by Gasteiger charge is -2.15. The molecule has 9 heteroatoms. The number of ketones is 1. The second-order valence-electron chi connectivity index (χ2n) is 5.63. The summed E-state index contributed by atoms with van der Waals surface area (Å²) in [6.07, 6.45) is -4.12. The fourth-order valence-electron chi connectivity index (χ4n) is 2.83. The minimum absolute atomic E-state index is 0.0856. The number of nitrogens with zero attached hydrogens (tertiary/aromatic N) is 2. The van der Waals surface area contributed by atoms with Gasteiger partial charge in [-0.25, -0.2) is 4.98 Å². The van der Waals surface area contributed by atoms with Gasteiger partial charge in [0.15, 0.2) is 5.78 Å². The number of hydrogen-bond donors (Lipinski definition) is 2. The highest BCUT2D eigenvalue weighted by Gasteiger charge is 2.35. The summed E-state index contributed by atoms with van der Waals surface area (Å²) in [5.74, 6) is -0.479. The van der Waals surface area contributed by atoms with Crippen LogP contribution in [0, 0.1) is 0 Å². The first kappa shape index (κ1) is 16.6. The van der Waals surface area contributed by atoms with Gasteiger partial charge in [-0.05, 0) is 25.1 Å². The van der Waals surface area contributed by atoms with Gasteiger partial charge in [-0.15, -0.1) is 0 Å². The van der Waals surface area contributed by atoms with Crippen molar-refractivity contribution in [3.8, 4) is 0 Å². The number of hydrogen-bond acceptors (Lipinski definition) is 5. The van der Waals surface area contributed by atoms with Crippen molar-refractivity contribution in [2.45, 2.75) is 31.3 Å². The molecule has 1 aromatic carbocycles. The van der Waals surface area contributed by atoms with Crippen LogP contribution in [-0.4, -0.2) is 39.1 Å². The van der Waals surface area contributed by atoms with Crippen molar-refractivity contribution in [3.63, 3.8) is 0 Å². The number of nitrogens with one attached hydrogen (secondary N) is 1. The number of rotatable bonds is 3. The number of benzene rings is 1. The highest BCUT2D eigenvalue weighted by atomic mass is 19.4. The lowest BCUT2D eigenvalue weighted by atomic mass is 10.1. The van der Waals surface area contributed by atoms with Gasteiger partial charge in [0.2, 0.25) is 0 Å². The third-order valence-electron chi connectivity index (χ3n) is 4.02. The van der Waals surface area contributed by atoms with E-state index in [1.807, 2.05) is 0 Å². The number of aliphatic hydroxyl groups is 1. The Hall–Kier alpha value is -2.26. The van der Waals surface area contributed by atoms with E-state index in [-0.39, 0.29) is 5.52 Å². The van der Waals surface area contributed by atoms with Crippen molar-refractivity contribution in [1.29, 1.82) is 0 Å². The predicted molar refractivity (Wildman–Crippen MR) is 78.4 cm³/mol. The van der Waals surface area contributed by atoms with Gasteiger partial charge in [0.25, 0.3) is 5.56 Å². The average Bonchev–Trinajstić information content (AvgIpc) is 2.95. The predicted octanol–water partition coefficient (Wildman–Crippen LogP) is 0.707. The van der Waals surface area contributed by atoms with Gasteiger partial charge in [0, 0.05) is 0 Å². The van der Waals surface area contributed by atoms with Crippen molar-refractivity contribution in [2.75, 3.05) is 6.54 Å². The van der Waals surface area contributed by atoms with E-state index in [0.717, 1.165) is 17.0 Å². The molecule has 2 atom stereocenters. The summed E-state index contributed by atoms with van der Waals surface area (Å²) in [6.45, 7) is 0.00333. The number of fused-ring (bicyclic) bond motifs is 1. The summed E-state index contributed by atoms with van der Waals surface area (Å²) in [5, 5.41) is 11.9. The van der Waals surface area contributed by atoms with Gasteiger partial charge in [0.1, 0.15) is 0 Å². The number of aliphatic hydroxyl groups excluding tert-OH is 1. The van der Waals surface area contributed by atoms with Crippen molar-refractivity contribution >= 4 is 16.7 Å². The molecule has 1 aliphatic rings. The van der Waals surface area contributed by atoms with E-state index < -0.39 is 47.2 Å². The zero-order valence-corrected chi connectivity index (χ0v) is 12.4. The first-order chi connectivity index (χ1) is 11.3. The zero-order valence-electron chi connectivity index (χ0n) is 12.4. The molecular formula is C15H14F3N3O3. The van der Waals surface area contributed by atoms with Gasteiger partial charge < -0.3 is 10.4 Å². The maximum atomic E-state index is 13.1. The molecule has 0 bridgehead atoms. The van der Waals surface area contributed by atoms with Crippen LogP contribution in [0.25, 0.3) is 10.9 Å². The Morgan fingerprint density at radius 2 is 2.17 bits per heavy atom. The summed E-state index contributed by atoms with van der Waals surface area (Å²) in [6, 6.07) is 2.46. The normalized spacial score (nSPS) is 21.3. The van der Waals surface area contributed by atoms with Crippen LogP contribution < -0.4 is 10.9 Å². The second-order valence-corrected chi connectivity index (χ2v) is 5.63. The quantitative estimate of drug-likeness (QED) is 0.859. The van der Waals surface area contributed by atoms with Crippen molar-refractivity contribution < 1.29 is 23.1 Å². The number of carbonyl (C=O) groups is 1. The highest BCUT2D eigenvalue weighted by molar-refractivity contribution is 5.86. The standard InChI is InChI=1S/C15H14F3N3O3/c16-15(17,18)8-2-1-3-9-12(8)14(24)21(7-20-9)6-11(23)13-10(22)4-5-19-13/h1-3,7,10,13,19,22H,4-6H2/t10-,13+/m1/s1. The first-order valence-electron chi connectivity index (χ1n) is 7.28. The Balaban J connectivity index is 2.03. The molecule has 1 fully saturated rings. The van der Waals surface area contributed by atoms with Crippen LogP contribution in [0.5, 0.6) is 0 Å². The molecule has 1 saturated heterocycles. The molecule has 0 radical (unpaired) electrons. The molecule has 2 heterocycles. The molecule has 0 amide bonds. The van der Waals surface area contributed by atoms with Crippen molar-refractivity contribution in [3.05, 3.63) is 40.4 Å². The van der Waals surface area contributed by atoms with Crippen LogP contribution in [0.2, 0.25) is 0 Å². The van der Waals surface area contributed by atoms with Crippen molar-refractivity contribution in [1.82, 2.24) is 14.9 Å². The molecule has 128 valence electrons. The lowest BCUT2D eigenvalue weighted by molar-refractivity contribution is -0.136. The number of carbonyl (C=O) groups excluding carboxylic acids is 1. The Bertz CT molecular complexity index is 847. The summed E-state index contributed by atoms with van der Waals surface area (Å²) in [4.78, 5) is 28.4. The van der Waals surface area contributed by atoms with Gasteiger partial charge in [-0.1, -0.05) is 6.07 Å². The minimum atomic E-state index is -4.70. The van der Waals surface area contributed by atoms with E-state index in [0.29, 0.717) is 13.0 Å². The molecule has 2 aromatic rings. The molecule has 24 heavy (non-hydrogen) atoms. The molecule has 1 aliphatic heterocycles. The Kier molecular flexibility index (Phi) is 4.14. The summed E-state index contributed by atoms with van der Waals surface area (Å²) < 4.78 is 40.1. The molecule has 0 spiro atoms. The molecule has 0 unspecified atom stereocenters. The first-order valence-corrected chi connectivity index (χ1v) is 7.28. The SMILES string of the molecule is O=C(Cn1cnc2cccc(C(F)(F)F)c2c1=O)[C@H]1NCC[C@H]1O. The maximum Gasteiger partial charge on any atom is 0.417 e. The van der Waals surface area contributed by atoms with Crippen LogP contribution in [0.4, 0.5) is 13.2 Å². The molecule has 0 aliphatic carbocycles. The van der Waals surface area contributed by atoms with Crippen LogP contribution in [0.15, 0.2) is 29.3 Å². The van der Waals surface area contributed by atoms with E-state index in [1.54, 1.807) is 0 Å². The summed E-state index contributed by atoms with van der Waals surface area (Å²) in [7, 11) is 0. The molecule has 1 aromatic heterocycles. The fourth-order valence-corrected chi connectivity index (χ4v) is 2.83. The van der Waals surface area contributed by atoms with Gasteiger partial charge in [-0.2, -0.15) is 13.2 Å². The Morgan fingerprint density at radius 1 is 1.42 bits per heavy atom. The monoisotopic (exact) mass is 341 g/mol. The van der Waals surface area contributed by atoms with Crippen LogP contribution in [0.3, 0.4) is 0 Å². The molecule has 0 saturated carbocycles. The van der Waals surface area contributed by atoms with E-state index >= 15 is 0 Å². The lowest BCUT2D eigenvalue weighted by Crippen LogP contribution is -2.42. The Morgan fingerprint density at radius 3 is 2.79 bits per heavy atom. The van der Waals surface area contributed by atoms with E-state index in [1.165, 1.54) is 12.1 Å². The smallest absolute Gasteiger partial charge is 0.391 e. The summed E-state index contributed by atoms with van der Waals surface area (Å²) >= 11 is 0. The van der Waals surface area contributed by atoms with Gasteiger partial charge in [0.05, 0.1) is 41.5 Å². The molecular weight excluding hydrogens is 327 g/mol. The topological polar surface area (TPSA) is 84.2 Å². The number of Topliss-reactive ketones (excluding diaryl/α,β-unsaturated/α-hetero) is 1. The average molecular weight is 341 g/mol. The van der Waals surface area contributed by atoms with Crippen LogP contribution in [0.1, 0.15) is 12.0 Å². The molecule has 2 N–H and O–H groups in total. The third kappa shape index (κ3) is 2.92. The largest absolute Gasteiger partial charge is 0.417 e. The highest BCUT2D eigenvalue weighted by Crippen LogP contribution is 2.32.